The molecule has 0 bridgehead atoms. The fraction of sp³-hybridized carbons (Fsp3) is 0.600. The van der Waals surface area contributed by atoms with Crippen molar-refractivity contribution >= 4 is 11.9 Å². The molecule has 3 rings (SSSR count). The number of amides is 1. The number of benzene rings is 1. The summed E-state index contributed by atoms with van der Waals surface area (Å²) in [4.78, 5) is 26.3. The van der Waals surface area contributed by atoms with Gasteiger partial charge in [0.1, 0.15) is 0 Å². The molecule has 0 saturated carbocycles. The number of likely N-dealkylation sites (tertiary alicyclic amines) is 1. The Morgan fingerprint density at radius 1 is 1.33 bits per heavy atom. The minimum absolute atomic E-state index is 0.0307. The Morgan fingerprint density at radius 3 is 2.75 bits per heavy atom. The fourth-order valence-electron chi connectivity index (χ4n) is 4.35. The molecule has 4 nitrogen and oxygen atoms in total. The van der Waals surface area contributed by atoms with Crippen molar-refractivity contribution in [3.8, 4) is 0 Å². The van der Waals surface area contributed by atoms with Gasteiger partial charge in [0, 0.05) is 19.5 Å². The fourth-order valence-corrected chi connectivity index (χ4v) is 4.35. The van der Waals surface area contributed by atoms with Crippen LogP contribution in [0.15, 0.2) is 24.3 Å². The van der Waals surface area contributed by atoms with Gasteiger partial charge in [-0.1, -0.05) is 38.1 Å². The highest BCUT2D eigenvalue weighted by Crippen LogP contribution is 2.40. The second-order valence-electron chi connectivity index (χ2n) is 7.67. The van der Waals surface area contributed by atoms with Crippen LogP contribution in [0.2, 0.25) is 0 Å². The number of hydrogen-bond acceptors (Lipinski definition) is 2. The summed E-state index contributed by atoms with van der Waals surface area (Å²) < 4.78 is 0. The van der Waals surface area contributed by atoms with Gasteiger partial charge in [0.2, 0.25) is 5.91 Å². The van der Waals surface area contributed by atoms with Gasteiger partial charge in [0.05, 0.1) is 5.41 Å². The van der Waals surface area contributed by atoms with Gasteiger partial charge in [0.15, 0.2) is 0 Å². The van der Waals surface area contributed by atoms with Crippen molar-refractivity contribution < 1.29 is 14.7 Å². The van der Waals surface area contributed by atoms with Gasteiger partial charge >= 0.3 is 5.97 Å². The predicted molar refractivity (Wildman–Crippen MR) is 92.8 cm³/mol. The molecule has 1 aromatic carbocycles. The van der Waals surface area contributed by atoms with Crippen molar-refractivity contribution in [3.05, 3.63) is 35.4 Å². The van der Waals surface area contributed by atoms with Crippen LogP contribution < -0.4 is 0 Å². The Kier molecular flexibility index (Phi) is 4.66. The summed E-state index contributed by atoms with van der Waals surface area (Å²) in [6.45, 7) is 4.81. The molecule has 1 heterocycles. The number of hydrogen-bond donors (Lipinski definition) is 1. The zero-order chi connectivity index (χ0) is 17.3. The van der Waals surface area contributed by atoms with E-state index in [1.165, 1.54) is 11.1 Å². The predicted octanol–water partition coefficient (Wildman–Crippen LogP) is 3.46. The summed E-state index contributed by atoms with van der Waals surface area (Å²) in [6, 6.07) is 8.42. The first-order valence-corrected chi connectivity index (χ1v) is 9.03. The first-order valence-electron chi connectivity index (χ1n) is 9.03. The number of carboxylic acids is 1. The lowest BCUT2D eigenvalue weighted by Crippen LogP contribution is -2.40. The molecule has 0 radical (unpaired) electrons. The molecule has 2 atom stereocenters. The summed E-state index contributed by atoms with van der Waals surface area (Å²) in [5.74, 6) is -0.346. The molecule has 0 spiro atoms. The topological polar surface area (TPSA) is 57.6 Å². The molecule has 2 aliphatic rings. The summed E-state index contributed by atoms with van der Waals surface area (Å²) in [5, 5.41) is 9.65. The van der Waals surface area contributed by atoms with Crippen molar-refractivity contribution in [2.24, 2.45) is 11.3 Å². The van der Waals surface area contributed by atoms with E-state index in [-0.39, 0.29) is 17.7 Å². The van der Waals surface area contributed by atoms with E-state index >= 15 is 0 Å². The third-order valence-corrected chi connectivity index (χ3v) is 6.10. The second kappa shape index (κ2) is 6.58. The molecule has 1 fully saturated rings. The van der Waals surface area contributed by atoms with Crippen molar-refractivity contribution in [2.75, 3.05) is 13.1 Å². The van der Waals surface area contributed by atoms with Gasteiger partial charge in [-0.15, -0.1) is 0 Å². The van der Waals surface area contributed by atoms with Crippen LogP contribution in [0.4, 0.5) is 0 Å². The van der Waals surface area contributed by atoms with Crippen LogP contribution in [0.25, 0.3) is 0 Å². The Bertz CT molecular complexity index is 640. The first kappa shape index (κ1) is 17.0. The van der Waals surface area contributed by atoms with Gasteiger partial charge in [-0.2, -0.15) is 0 Å². The van der Waals surface area contributed by atoms with Crippen LogP contribution >= 0.6 is 0 Å². The number of rotatable bonds is 4. The average molecular weight is 329 g/mol. The Hall–Kier alpha value is -1.84. The van der Waals surface area contributed by atoms with Crippen LogP contribution in [0, 0.1) is 11.3 Å². The molecule has 0 aromatic heterocycles. The van der Waals surface area contributed by atoms with E-state index in [9.17, 15) is 14.7 Å². The van der Waals surface area contributed by atoms with Crippen LogP contribution in [0.5, 0.6) is 0 Å². The lowest BCUT2D eigenvalue weighted by Gasteiger charge is -2.30. The van der Waals surface area contributed by atoms with Crippen LogP contribution in [0.3, 0.4) is 0 Å². The first-order chi connectivity index (χ1) is 11.4. The number of nitrogens with zero attached hydrogens (tertiary/aromatic N) is 1. The van der Waals surface area contributed by atoms with Crippen molar-refractivity contribution in [1.82, 2.24) is 4.90 Å². The molecule has 24 heavy (non-hydrogen) atoms. The van der Waals surface area contributed by atoms with Crippen LogP contribution in [-0.2, 0) is 16.0 Å². The maximum atomic E-state index is 12.8. The summed E-state index contributed by atoms with van der Waals surface area (Å²) in [6.07, 6.45) is 4.34. The molecule has 1 aliphatic heterocycles. The molecule has 1 N–H and O–H groups in total. The molecule has 1 saturated heterocycles. The van der Waals surface area contributed by atoms with Crippen LogP contribution in [0.1, 0.15) is 56.6 Å². The number of carbonyl (C=O) groups is 2. The Morgan fingerprint density at radius 2 is 2.08 bits per heavy atom. The van der Waals surface area contributed by atoms with E-state index in [1.54, 1.807) is 4.90 Å². The largest absolute Gasteiger partial charge is 0.481 e. The third-order valence-electron chi connectivity index (χ3n) is 6.10. The zero-order valence-electron chi connectivity index (χ0n) is 14.6. The Labute approximate surface area is 143 Å². The van der Waals surface area contributed by atoms with Gasteiger partial charge in [0.25, 0.3) is 0 Å². The highest BCUT2D eigenvalue weighted by atomic mass is 16.4. The molecule has 2 unspecified atom stereocenters. The third kappa shape index (κ3) is 2.94. The SMILES string of the molecule is CC(C)C1(C(=O)O)CCN(C(=O)CC2CCCc3ccccc32)C1. The van der Waals surface area contributed by atoms with E-state index < -0.39 is 11.4 Å². The normalized spacial score (nSPS) is 26.5. The van der Waals surface area contributed by atoms with E-state index in [0.29, 0.717) is 25.9 Å². The van der Waals surface area contributed by atoms with Gasteiger partial charge in [-0.3, -0.25) is 9.59 Å². The van der Waals surface area contributed by atoms with E-state index in [2.05, 4.69) is 18.2 Å². The summed E-state index contributed by atoms with van der Waals surface area (Å²) in [5.41, 5.74) is 1.90. The van der Waals surface area contributed by atoms with Crippen LogP contribution in [-0.4, -0.2) is 35.0 Å². The average Bonchev–Trinajstić information content (AvgIpc) is 3.02. The summed E-state index contributed by atoms with van der Waals surface area (Å²) >= 11 is 0. The number of carboxylic acid groups (broad SMARTS) is 1. The monoisotopic (exact) mass is 329 g/mol. The minimum atomic E-state index is -0.778. The maximum Gasteiger partial charge on any atom is 0.311 e. The molecule has 1 amide bonds. The molecule has 4 heteroatoms. The number of fused-ring (bicyclic) bond motifs is 1. The minimum Gasteiger partial charge on any atom is -0.481 e. The lowest BCUT2D eigenvalue weighted by molar-refractivity contribution is -0.151. The van der Waals surface area contributed by atoms with E-state index in [4.69, 9.17) is 0 Å². The molecule has 1 aliphatic carbocycles. The van der Waals surface area contributed by atoms with Gasteiger partial charge in [-0.25, -0.2) is 0 Å². The zero-order valence-corrected chi connectivity index (χ0v) is 14.6. The maximum absolute atomic E-state index is 12.8. The quantitative estimate of drug-likeness (QED) is 0.920. The second-order valence-corrected chi connectivity index (χ2v) is 7.67. The number of aryl methyl sites for hydroxylation is 1. The number of carbonyl (C=O) groups excluding carboxylic acids is 1. The molecular weight excluding hydrogens is 302 g/mol. The van der Waals surface area contributed by atoms with E-state index in [0.717, 1.165) is 19.3 Å². The molecule has 130 valence electrons. The highest BCUT2D eigenvalue weighted by molar-refractivity contribution is 5.81. The van der Waals surface area contributed by atoms with Crippen molar-refractivity contribution in [1.29, 1.82) is 0 Å². The molecule has 1 aromatic rings. The Balaban J connectivity index is 1.70. The lowest BCUT2D eigenvalue weighted by atomic mass is 9.76. The smallest absolute Gasteiger partial charge is 0.311 e. The summed E-state index contributed by atoms with van der Waals surface area (Å²) in [7, 11) is 0. The molecular formula is C20H27NO3. The van der Waals surface area contributed by atoms with Crippen molar-refractivity contribution in [2.45, 2.75) is 51.9 Å². The van der Waals surface area contributed by atoms with Gasteiger partial charge in [-0.05, 0) is 48.6 Å². The standard InChI is InChI=1S/C20H27NO3/c1-14(2)20(19(23)24)10-11-21(13-20)18(22)12-16-8-5-7-15-6-3-4-9-17(15)16/h3-4,6,9,14,16H,5,7-8,10-13H2,1-2H3,(H,23,24). The van der Waals surface area contributed by atoms with E-state index in [1.807, 2.05) is 19.9 Å². The van der Waals surface area contributed by atoms with Gasteiger partial charge < -0.3 is 10.0 Å². The van der Waals surface area contributed by atoms with Crippen molar-refractivity contribution in [3.63, 3.8) is 0 Å². The number of aliphatic carboxylic acids is 1. The highest BCUT2D eigenvalue weighted by Gasteiger charge is 2.48.